The molecule has 2 heterocycles. The lowest BCUT2D eigenvalue weighted by Gasteiger charge is -2.28. The van der Waals surface area contributed by atoms with E-state index in [0.29, 0.717) is 16.5 Å². The number of halogens is 1. The molecular weight excluding hydrogens is 376 g/mol. The van der Waals surface area contributed by atoms with Crippen LogP contribution in [0.3, 0.4) is 0 Å². The fraction of sp³-hybridized carbons (Fsp3) is 0.143. The molecular formula is C21H19ClN4O2. The zero-order valence-electron chi connectivity index (χ0n) is 15.2. The summed E-state index contributed by atoms with van der Waals surface area (Å²) in [5.74, 6) is -0.0850. The molecule has 2 aromatic carbocycles. The van der Waals surface area contributed by atoms with Crippen LogP contribution in [0.15, 0.2) is 78.2 Å². The van der Waals surface area contributed by atoms with Gasteiger partial charge in [0.05, 0.1) is 17.8 Å². The third-order valence-electron chi connectivity index (χ3n) is 4.60. The predicted molar refractivity (Wildman–Crippen MR) is 111 cm³/mol. The SMILES string of the molecule is COc1ccc(NC(=O)[C@@H]2C=NN(c3ccccc3)[C@@H]2n2cccc2)cc1Cl. The molecule has 0 radical (unpaired) electrons. The molecule has 7 heteroatoms. The summed E-state index contributed by atoms with van der Waals surface area (Å²) in [5.41, 5.74) is 1.52. The number of ether oxygens (including phenoxy) is 1. The molecule has 1 amide bonds. The Kier molecular flexibility index (Phi) is 5.04. The lowest BCUT2D eigenvalue weighted by Crippen LogP contribution is -2.35. The second-order valence-corrected chi connectivity index (χ2v) is 6.76. The number of hydrogen-bond donors (Lipinski definition) is 1. The zero-order valence-corrected chi connectivity index (χ0v) is 16.0. The van der Waals surface area contributed by atoms with Crippen molar-refractivity contribution in [1.82, 2.24) is 4.57 Å². The van der Waals surface area contributed by atoms with E-state index in [1.165, 1.54) is 0 Å². The van der Waals surface area contributed by atoms with E-state index < -0.39 is 5.92 Å². The van der Waals surface area contributed by atoms with Crippen LogP contribution >= 0.6 is 11.6 Å². The number of carbonyl (C=O) groups excluding carboxylic acids is 1. The number of methoxy groups -OCH3 is 1. The third-order valence-corrected chi connectivity index (χ3v) is 4.89. The van der Waals surface area contributed by atoms with Crippen molar-refractivity contribution in [1.29, 1.82) is 0 Å². The molecule has 0 saturated heterocycles. The van der Waals surface area contributed by atoms with Gasteiger partial charge in [-0.1, -0.05) is 29.8 Å². The Morgan fingerprint density at radius 3 is 2.54 bits per heavy atom. The van der Waals surface area contributed by atoms with Gasteiger partial charge in [-0.2, -0.15) is 5.10 Å². The van der Waals surface area contributed by atoms with Crippen molar-refractivity contribution in [3.8, 4) is 5.75 Å². The molecule has 0 unspecified atom stereocenters. The van der Waals surface area contributed by atoms with Crippen molar-refractivity contribution in [2.24, 2.45) is 11.0 Å². The molecule has 0 saturated carbocycles. The van der Waals surface area contributed by atoms with Gasteiger partial charge in [0.15, 0.2) is 0 Å². The number of hydrogen-bond acceptors (Lipinski definition) is 4. The summed E-state index contributed by atoms with van der Waals surface area (Å²) < 4.78 is 7.14. The smallest absolute Gasteiger partial charge is 0.237 e. The maximum absolute atomic E-state index is 13.0. The van der Waals surface area contributed by atoms with Crippen LogP contribution in [0.5, 0.6) is 5.75 Å². The number of amides is 1. The number of rotatable bonds is 5. The molecule has 3 aromatic rings. The molecule has 1 N–H and O–H groups in total. The molecule has 28 heavy (non-hydrogen) atoms. The van der Waals surface area contributed by atoms with Gasteiger partial charge in [-0.05, 0) is 42.5 Å². The van der Waals surface area contributed by atoms with Gasteiger partial charge in [0, 0.05) is 24.3 Å². The van der Waals surface area contributed by atoms with Gasteiger partial charge in [-0.15, -0.1) is 0 Å². The minimum absolute atomic E-state index is 0.165. The van der Waals surface area contributed by atoms with Crippen LogP contribution < -0.4 is 15.1 Å². The first-order valence-corrected chi connectivity index (χ1v) is 9.20. The lowest BCUT2D eigenvalue weighted by molar-refractivity contribution is -0.118. The number of carbonyl (C=O) groups is 1. The van der Waals surface area contributed by atoms with Crippen LogP contribution in [0.25, 0.3) is 0 Å². The largest absolute Gasteiger partial charge is 0.495 e. The topological polar surface area (TPSA) is 58.9 Å². The first-order chi connectivity index (χ1) is 13.7. The standard InChI is InChI=1S/C21H19ClN4O2/c1-28-19-10-9-15(13-18(19)22)24-20(27)17-14-23-26(16-7-3-2-4-8-16)21(17)25-11-5-6-12-25/h2-14,17,21H,1H3,(H,24,27)/t17-,21-/m0/s1. The summed E-state index contributed by atoms with van der Waals surface area (Å²) in [6.07, 6.45) is 5.24. The molecule has 0 aliphatic carbocycles. The van der Waals surface area contributed by atoms with Gasteiger partial charge in [0.25, 0.3) is 0 Å². The molecule has 1 aliphatic rings. The number of nitrogens with one attached hydrogen (secondary N) is 1. The van der Waals surface area contributed by atoms with Gasteiger partial charge in [0.2, 0.25) is 5.91 Å². The van der Waals surface area contributed by atoms with Crippen LogP contribution in [0.4, 0.5) is 11.4 Å². The van der Waals surface area contributed by atoms with Crippen LogP contribution in [-0.4, -0.2) is 23.8 Å². The Hall–Kier alpha value is -3.25. The highest BCUT2D eigenvalue weighted by atomic mass is 35.5. The first kappa shape index (κ1) is 18.1. The Bertz CT molecular complexity index is 989. The highest BCUT2D eigenvalue weighted by Gasteiger charge is 2.37. The highest BCUT2D eigenvalue weighted by molar-refractivity contribution is 6.32. The minimum Gasteiger partial charge on any atom is -0.495 e. The maximum Gasteiger partial charge on any atom is 0.237 e. The molecule has 0 fully saturated rings. The molecule has 2 atom stereocenters. The quantitative estimate of drug-likeness (QED) is 0.697. The maximum atomic E-state index is 13.0. The number of para-hydroxylation sites is 1. The van der Waals surface area contributed by atoms with Crippen molar-refractivity contribution in [2.45, 2.75) is 6.17 Å². The van der Waals surface area contributed by atoms with Gasteiger partial charge in [-0.25, -0.2) is 5.01 Å². The molecule has 0 spiro atoms. The average molecular weight is 395 g/mol. The van der Waals surface area contributed by atoms with E-state index in [0.717, 1.165) is 5.69 Å². The number of aromatic nitrogens is 1. The first-order valence-electron chi connectivity index (χ1n) is 8.82. The lowest BCUT2D eigenvalue weighted by atomic mass is 10.1. The Morgan fingerprint density at radius 2 is 1.86 bits per heavy atom. The van der Waals surface area contributed by atoms with Crippen molar-refractivity contribution in [2.75, 3.05) is 17.4 Å². The van der Waals surface area contributed by atoms with E-state index in [2.05, 4.69) is 10.4 Å². The van der Waals surface area contributed by atoms with E-state index >= 15 is 0 Å². The van der Waals surface area contributed by atoms with Gasteiger partial charge in [-0.3, -0.25) is 4.79 Å². The third kappa shape index (κ3) is 3.46. The fourth-order valence-electron chi connectivity index (χ4n) is 3.25. The molecule has 6 nitrogen and oxygen atoms in total. The van der Waals surface area contributed by atoms with Gasteiger partial charge >= 0.3 is 0 Å². The summed E-state index contributed by atoms with van der Waals surface area (Å²) >= 11 is 6.17. The van der Waals surface area contributed by atoms with Crippen molar-refractivity contribution >= 4 is 35.1 Å². The number of anilines is 2. The molecule has 1 aliphatic heterocycles. The van der Waals surface area contributed by atoms with Crippen LogP contribution in [0, 0.1) is 5.92 Å². The number of benzene rings is 2. The van der Waals surface area contributed by atoms with E-state index in [9.17, 15) is 4.79 Å². The summed E-state index contributed by atoms with van der Waals surface area (Å²) in [6, 6.07) is 18.8. The molecule has 1 aromatic heterocycles. The predicted octanol–water partition coefficient (Wildman–Crippen LogP) is 4.41. The average Bonchev–Trinajstić information content (AvgIpc) is 3.38. The van der Waals surface area contributed by atoms with Crippen molar-refractivity contribution in [3.63, 3.8) is 0 Å². The van der Waals surface area contributed by atoms with Crippen molar-refractivity contribution < 1.29 is 9.53 Å². The van der Waals surface area contributed by atoms with Gasteiger partial charge < -0.3 is 14.6 Å². The molecule has 0 bridgehead atoms. The van der Waals surface area contributed by atoms with E-state index in [4.69, 9.17) is 16.3 Å². The van der Waals surface area contributed by atoms with Crippen LogP contribution in [0.1, 0.15) is 6.17 Å². The number of hydrazone groups is 1. The summed E-state index contributed by atoms with van der Waals surface area (Å²) in [7, 11) is 1.55. The summed E-state index contributed by atoms with van der Waals surface area (Å²) in [6.45, 7) is 0. The van der Waals surface area contributed by atoms with E-state index in [1.807, 2.05) is 64.4 Å². The second kappa shape index (κ2) is 7.78. The minimum atomic E-state index is -0.478. The Morgan fingerprint density at radius 1 is 1.11 bits per heavy atom. The monoisotopic (exact) mass is 394 g/mol. The van der Waals surface area contributed by atoms with E-state index in [-0.39, 0.29) is 12.1 Å². The zero-order chi connectivity index (χ0) is 19.5. The van der Waals surface area contributed by atoms with Crippen LogP contribution in [0.2, 0.25) is 5.02 Å². The Balaban J connectivity index is 1.60. The fourth-order valence-corrected chi connectivity index (χ4v) is 3.51. The molecule has 4 rings (SSSR count). The van der Waals surface area contributed by atoms with Crippen molar-refractivity contribution in [3.05, 3.63) is 78.1 Å². The highest BCUT2D eigenvalue weighted by Crippen LogP contribution is 2.34. The summed E-state index contributed by atoms with van der Waals surface area (Å²) in [4.78, 5) is 13.0. The second-order valence-electron chi connectivity index (χ2n) is 6.35. The number of nitrogens with zero attached hydrogens (tertiary/aromatic N) is 3. The summed E-state index contributed by atoms with van der Waals surface area (Å²) in [5, 5.41) is 9.73. The van der Waals surface area contributed by atoms with Gasteiger partial charge in [0.1, 0.15) is 17.8 Å². The normalized spacial score (nSPS) is 18.3. The van der Waals surface area contributed by atoms with Crippen LogP contribution in [-0.2, 0) is 4.79 Å². The van der Waals surface area contributed by atoms with E-state index in [1.54, 1.807) is 31.5 Å². The Labute approximate surface area is 168 Å². The molecule has 142 valence electrons.